The number of sulfonamides is 1. The fraction of sp³-hybridized carbons (Fsp3) is 0.174. The number of thiazole rings is 1. The molecule has 0 aliphatic carbocycles. The molecule has 0 saturated heterocycles. The minimum absolute atomic E-state index is 0. The van der Waals surface area contributed by atoms with Gasteiger partial charge in [-0.25, -0.2) is 28.1 Å². The minimum Gasteiger partial charge on any atom is -0.332 e. The maximum Gasteiger partial charge on any atom is 0.264 e. The summed E-state index contributed by atoms with van der Waals surface area (Å²) in [7, 11) is -3.79. The second kappa shape index (κ2) is 9.86. The lowest BCUT2D eigenvalue weighted by atomic mass is 10.1. The van der Waals surface area contributed by atoms with E-state index < -0.39 is 10.0 Å². The summed E-state index contributed by atoms with van der Waals surface area (Å²) in [5.41, 5.74) is 6.57. The van der Waals surface area contributed by atoms with E-state index in [2.05, 4.69) is 57.0 Å². The van der Waals surface area contributed by atoms with Crippen molar-refractivity contribution in [2.24, 2.45) is 0 Å². The van der Waals surface area contributed by atoms with E-state index in [1.54, 1.807) is 32.0 Å². The van der Waals surface area contributed by atoms with Crippen molar-refractivity contribution in [1.29, 1.82) is 0 Å². The Kier molecular flexibility index (Phi) is 7.36. The first-order valence-corrected chi connectivity index (χ1v) is 12.3. The molecule has 33 heavy (non-hydrogen) atoms. The van der Waals surface area contributed by atoms with Crippen molar-refractivity contribution in [2.75, 3.05) is 10.0 Å². The number of hydrogen-bond acceptors (Lipinski definition) is 7. The van der Waals surface area contributed by atoms with Gasteiger partial charge in [0.1, 0.15) is 0 Å². The predicted octanol–water partition coefficient (Wildman–Crippen LogP) is 5.80. The number of rotatable bonds is 6. The maximum absolute atomic E-state index is 12.7. The molecule has 0 amide bonds. The molecule has 0 spiro atoms. The Morgan fingerprint density at radius 2 is 1.48 bits per heavy atom. The van der Waals surface area contributed by atoms with Gasteiger partial charge in [-0.3, -0.25) is 0 Å². The predicted molar refractivity (Wildman–Crippen MR) is 136 cm³/mol. The summed E-state index contributed by atoms with van der Waals surface area (Å²) in [4.78, 5) is 13.0. The van der Waals surface area contributed by atoms with E-state index in [1.807, 2.05) is 5.38 Å². The molecule has 0 bridgehead atoms. The fourth-order valence-corrected chi connectivity index (χ4v) is 4.84. The third kappa shape index (κ3) is 5.87. The molecule has 0 saturated carbocycles. The lowest BCUT2D eigenvalue weighted by molar-refractivity contribution is 0.601. The van der Waals surface area contributed by atoms with Gasteiger partial charge in [-0.15, -0.1) is 23.7 Å². The largest absolute Gasteiger partial charge is 0.332 e. The Hall–Kier alpha value is -3.01. The van der Waals surface area contributed by atoms with Gasteiger partial charge >= 0.3 is 0 Å². The number of anilines is 3. The van der Waals surface area contributed by atoms with Crippen LogP contribution in [-0.2, 0) is 10.0 Å². The van der Waals surface area contributed by atoms with Gasteiger partial charge in [0.05, 0.1) is 10.6 Å². The standard InChI is InChI=1S/C23H23N5O2S2.ClH/c1-14-5-6-18(11-15(14)2)21-13-31-23(27-21)26-19-7-9-20(10-8-19)32(29,30)28-22-24-16(3)12-17(4)25-22;/h5-13H,1-4H3,(H,26,27)(H,24,25,28);1H. The molecule has 0 unspecified atom stereocenters. The molecule has 2 N–H and O–H groups in total. The molecule has 7 nitrogen and oxygen atoms in total. The van der Waals surface area contributed by atoms with Crippen LogP contribution in [0.5, 0.6) is 0 Å². The summed E-state index contributed by atoms with van der Waals surface area (Å²) < 4.78 is 27.8. The number of halogens is 1. The summed E-state index contributed by atoms with van der Waals surface area (Å²) in [5.74, 6) is 0.0614. The molecular formula is C23H24ClN5O2S2. The average molecular weight is 502 g/mol. The van der Waals surface area contributed by atoms with Crippen LogP contribution in [0.2, 0.25) is 0 Å². The highest BCUT2D eigenvalue weighted by Gasteiger charge is 2.16. The van der Waals surface area contributed by atoms with Crippen LogP contribution in [-0.4, -0.2) is 23.4 Å². The molecule has 172 valence electrons. The normalized spacial score (nSPS) is 11.0. The topological polar surface area (TPSA) is 96.9 Å². The first-order chi connectivity index (χ1) is 15.2. The molecular weight excluding hydrogens is 478 g/mol. The van der Waals surface area contributed by atoms with Crippen LogP contribution in [0.15, 0.2) is 58.8 Å². The highest BCUT2D eigenvalue weighted by Crippen LogP contribution is 2.28. The molecule has 4 rings (SSSR count). The number of hydrogen-bond donors (Lipinski definition) is 2. The van der Waals surface area contributed by atoms with Gasteiger partial charge < -0.3 is 5.32 Å². The molecule has 4 aromatic rings. The van der Waals surface area contributed by atoms with Crippen LogP contribution < -0.4 is 10.0 Å². The second-order valence-corrected chi connectivity index (χ2v) is 10.1. The van der Waals surface area contributed by atoms with Gasteiger partial charge in [-0.2, -0.15) is 0 Å². The molecule has 0 aliphatic rings. The fourth-order valence-electron chi connectivity index (χ4n) is 3.16. The SMILES string of the molecule is Cc1cc(C)nc(NS(=O)(=O)c2ccc(Nc3nc(-c4ccc(C)c(C)c4)cs3)cc2)n1.Cl. The highest BCUT2D eigenvalue weighted by atomic mass is 35.5. The Morgan fingerprint density at radius 3 is 2.12 bits per heavy atom. The third-order valence-electron chi connectivity index (χ3n) is 4.93. The van der Waals surface area contributed by atoms with Crippen LogP contribution in [0.3, 0.4) is 0 Å². The molecule has 10 heteroatoms. The third-order valence-corrected chi connectivity index (χ3v) is 7.03. The van der Waals surface area contributed by atoms with Crippen LogP contribution in [0.4, 0.5) is 16.8 Å². The molecule has 0 fully saturated rings. The van der Waals surface area contributed by atoms with E-state index in [0.717, 1.165) is 22.1 Å². The highest BCUT2D eigenvalue weighted by molar-refractivity contribution is 7.92. The summed E-state index contributed by atoms with van der Waals surface area (Å²) in [5, 5.41) is 5.96. The number of nitrogens with zero attached hydrogens (tertiary/aromatic N) is 3. The van der Waals surface area contributed by atoms with Gasteiger partial charge in [-0.1, -0.05) is 12.1 Å². The van der Waals surface area contributed by atoms with Crippen LogP contribution in [0.1, 0.15) is 22.5 Å². The summed E-state index contributed by atoms with van der Waals surface area (Å²) in [6, 6.07) is 14.5. The molecule has 0 atom stereocenters. The van der Waals surface area contributed by atoms with Crippen LogP contribution in [0, 0.1) is 27.7 Å². The summed E-state index contributed by atoms with van der Waals surface area (Å²) in [6.45, 7) is 7.75. The Labute approximate surface area is 203 Å². The van der Waals surface area contributed by atoms with Gasteiger partial charge in [-0.05, 0) is 75.2 Å². The summed E-state index contributed by atoms with van der Waals surface area (Å²) >= 11 is 1.49. The van der Waals surface area contributed by atoms with Crippen LogP contribution in [0.25, 0.3) is 11.3 Å². The monoisotopic (exact) mass is 501 g/mol. The van der Waals surface area contributed by atoms with E-state index in [0.29, 0.717) is 11.4 Å². The minimum atomic E-state index is -3.79. The summed E-state index contributed by atoms with van der Waals surface area (Å²) in [6.07, 6.45) is 0. The Morgan fingerprint density at radius 1 is 0.818 bits per heavy atom. The average Bonchev–Trinajstić information content (AvgIpc) is 3.18. The lowest BCUT2D eigenvalue weighted by Gasteiger charge is -2.09. The smallest absolute Gasteiger partial charge is 0.264 e. The number of nitrogens with one attached hydrogen (secondary N) is 2. The molecule has 2 aromatic heterocycles. The van der Waals surface area contributed by atoms with Crippen molar-refractivity contribution in [3.63, 3.8) is 0 Å². The van der Waals surface area contributed by atoms with Crippen molar-refractivity contribution in [2.45, 2.75) is 32.6 Å². The first-order valence-electron chi connectivity index (χ1n) is 9.95. The van der Waals surface area contributed by atoms with E-state index >= 15 is 0 Å². The van der Waals surface area contributed by atoms with E-state index in [4.69, 9.17) is 0 Å². The van der Waals surface area contributed by atoms with E-state index in [-0.39, 0.29) is 23.3 Å². The van der Waals surface area contributed by atoms with Crippen molar-refractivity contribution < 1.29 is 8.42 Å². The van der Waals surface area contributed by atoms with Gasteiger partial charge in [0.25, 0.3) is 10.0 Å². The second-order valence-electron chi connectivity index (χ2n) is 7.57. The zero-order chi connectivity index (χ0) is 22.9. The van der Waals surface area contributed by atoms with Gasteiger partial charge in [0, 0.05) is 28.0 Å². The van der Waals surface area contributed by atoms with Crippen molar-refractivity contribution >= 4 is 50.5 Å². The number of benzene rings is 2. The Balaban J connectivity index is 0.00000306. The van der Waals surface area contributed by atoms with Crippen molar-refractivity contribution in [3.05, 3.63) is 76.4 Å². The quantitative estimate of drug-likeness (QED) is 0.346. The first kappa shape index (κ1) is 24.6. The molecule has 0 aliphatic heterocycles. The number of aryl methyl sites for hydroxylation is 4. The molecule has 0 radical (unpaired) electrons. The molecule has 2 heterocycles. The van der Waals surface area contributed by atoms with Gasteiger partial charge in [0.2, 0.25) is 5.95 Å². The van der Waals surface area contributed by atoms with Gasteiger partial charge in [0.15, 0.2) is 5.13 Å². The van der Waals surface area contributed by atoms with Crippen molar-refractivity contribution in [1.82, 2.24) is 15.0 Å². The Bertz CT molecular complexity index is 1370. The lowest BCUT2D eigenvalue weighted by Crippen LogP contribution is -2.15. The van der Waals surface area contributed by atoms with Crippen molar-refractivity contribution in [3.8, 4) is 11.3 Å². The van der Waals surface area contributed by atoms with E-state index in [1.165, 1.54) is 34.6 Å². The van der Waals surface area contributed by atoms with Crippen LogP contribution >= 0.6 is 23.7 Å². The zero-order valence-corrected chi connectivity index (χ0v) is 21.0. The maximum atomic E-state index is 12.7. The zero-order valence-electron chi connectivity index (χ0n) is 18.6. The molecule has 2 aromatic carbocycles. The number of aromatic nitrogens is 3. The van der Waals surface area contributed by atoms with E-state index in [9.17, 15) is 8.42 Å².